The molecule has 1 amide bonds. The zero-order valence-electron chi connectivity index (χ0n) is 22.6. The number of hydrogen-bond donors (Lipinski definition) is 0. The molecule has 192 valence electrons. The van der Waals surface area contributed by atoms with Crippen LogP contribution < -0.4 is 4.90 Å². The van der Waals surface area contributed by atoms with E-state index < -0.39 is 36.8 Å². The number of carbonyl (C=O) groups excluding carboxylic acids is 2. The van der Waals surface area contributed by atoms with Crippen molar-refractivity contribution in [2.45, 2.75) is 110 Å². The van der Waals surface area contributed by atoms with Gasteiger partial charge in [-0.25, -0.2) is 9.18 Å². The van der Waals surface area contributed by atoms with Crippen LogP contribution in [0.5, 0.6) is 0 Å². The van der Waals surface area contributed by atoms with Gasteiger partial charge in [0.2, 0.25) is 0 Å². The highest BCUT2D eigenvalue weighted by Crippen LogP contribution is 2.49. The number of hydrogen-bond acceptors (Lipinski definition) is 4. The minimum atomic E-state index is -1.91. The molecule has 5 nitrogen and oxygen atoms in total. The fourth-order valence-electron chi connectivity index (χ4n) is 4.22. The van der Waals surface area contributed by atoms with Gasteiger partial charge < -0.3 is 9.16 Å². The summed E-state index contributed by atoms with van der Waals surface area (Å²) in [6.07, 6.45) is 0.528. The van der Waals surface area contributed by atoms with Gasteiger partial charge >= 0.3 is 6.09 Å². The number of amides is 1. The maximum atomic E-state index is 14.7. The van der Waals surface area contributed by atoms with Crippen molar-refractivity contribution >= 4 is 41.8 Å². The van der Waals surface area contributed by atoms with Crippen LogP contribution in [0.1, 0.15) is 80.7 Å². The predicted octanol–water partition coefficient (Wildman–Crippen LogP) is 7.75. The molecule has 0 bridgehead atoms. The zero-order chi connectivity index (χ0) is 26.5. The zero-order valence-corrected chi connectivity index (χ0v) is 25.2. The highest BCUT2D eigenvalue weighted by Gasteiger charge is 2.55. The fourth-order valence-corrected chi connectivity index (χ4v) is 5.65. The van der Waals surface area contributed by atoms with Crippen LogP contribution in [0.2, 0.25) is 18.1 Å². The lowest BCUT2D eigenvalue weighted by Crippen LogP contribution is -2.63. The van der Waals surface area contributed by atoms with Crippen LogP contribution >= 0.6 is 15.9 Å². The van der Waals surface area contributed by atoms with Crippen molar-refractivity contribution in [1.82, 2.24) is 0 Å². The van der Waals surface area contributed by atoms with Gasteiger partial charge in [0.05, 0.1) is 15.6 Å². The first-order valence-electron chi connectivity index (χ1n) is 11.9. The van der Waals surface area contributed by atoms with Crippen molar-refractivity contribution in [2.75, 3.05) is 11.5 Å². The van der Waals surface area contributed by atoms with Gasteiger partial charge in [-0.1, -0.05) is 20.8 Å². The number of rotatable bonds is 5. The molecule has 1 aromatic rings. The maximum Gasteiger partial charge on any atom is 0.415 e. The molecule has 8 heteroatoms. The van der Waals surface area contributed by atoms with Crippen LogP contribution in [0, 0.1) is 5.82 Å². The number of carbonyl (C=O) groups is 2. The van der Waals surface area contributed by atoms with Gasteiger partial charge in [0.1, 0.15) is 17.0 Å². The summed E-state index contributed by atoms with van der Waals surface area (Å²) in [6.45, 7) is 22.1. The molecule has 0 radical (unpaired) electrons. The smallest absolute Gasteiger partial charge is 0.415 e. The number of benzene rings is 1. The number of ether oxygens (including phenoxy) is 1. The van der Waals surface area contributed by atoms with E-state index in [1.165, 1.54) is 11.0 Å². The first-order chi connectivity index (χ1) is 15.1. The van der Waals surface area contributed by atoms with Crippen LogP contribution in [0.15, 0.2) is 16.6 Å². The molecule has 0 aromatic heterocycles. The summed E-state index contributed by atoms with van der Waals surface area (Å²) in [5, 5.41) is 0.0997. The van der Waals surface area contributed by atoms with E-state index in [0.717, 1.165) is 0 Å². The molecule has 1 aliphatic rings. The van der Waals surface area contributed by atoms with Crippen molar-refractivity contribution in [1.29, 1.82) is 0 Å². The summed E-state index contributed by atoms with van der Waals surface area (Å²) in [4.78, 5) is 28.5. The molecule has 2 rings (SSSR count). The Morgan fingerprint density at radius 2 is 1.68 bits per heavy atom. The molecule has 1 unspecified atom stereocenters. The summed E-state index contributed by atoms with van der Waals surface area (Å²) < 4.78 is 26.9. The van der Waals surface area contributed by atoms with E-state index in [-0.39, 0.29) is 15.3 Å². The molecule has 0 saturated carbocycles. The Balaban J connectivity index is 2.48. The van der Waals surface area contributed by atoms with Crippen LogP contribution in [0.3, 0.4) is 0 Å². The highest BCUT2D eigenvalue weighted by atomic mass is 79.9. The number of Topliss-reactive ketones (excluding diaryl/α,β-unsaturated/α-hetero) is 1. The van der Waals surface area contributed by atoms with Gasteiger partial charge in [-0.15, -0.1) is 0 Å². The van der Waals surface area contributed by atoms with Gasteiger partial charge in [0.15, 0.2) is 14.1 Å². The lowest BCUT2D eigenvalue weighted by Gasteiger charge is -2.49. The monoisotopic (exact) mass is 557 g/mol. The molecule has 0 fully saturated rings. The molecule has 1 aromatic carbocycles. The Bertz CT molecular complexity index is 965. The van der Waals surface area contributed by atoms with Crippen molar-refractivity contribution in [3.05, 3.63) is 28.0 Å². The summed E-state index contributed by atoms with van der Waals surface area (Å²) >= 11 is 3.27. The molecule has 34 heavy (non-hydrogen) atoms. The second-order valence-electron chi connectivity index (χ2n) is 12.5. The van der Waals surface area contributed by atoms with E-state index >= 15 is 0 Å². The standard InChI is InChI=1S/C26H41BrFNO4Si/c1-23(2,3)33-22(31)29-20-16-19(28)18(27)15-17(20)26(9,21(30)25(29,7)8)13-12-14-32-34(10,11)24(4,5)6/h15-16H,12-14H2,1-11H3. The van der Waals surface area contributed by atoms with Crippen molar-refractivity contribution in [3.63, 3.8) is 0 Å². The van der Waals surface area contributed by atoms with Crippen molar-refractivity contribution in [2.24, 2.45) is 0 Å². The lowest BCUT2D eigenvalue weighted by molar-refractivity contribution is -0.129. The molecule has 0 spiro atoms. The fraction of sp³-hybridized carbons (Fsp3) is 0.692. The summed E-state index contributed by atoms with van der Waals surface area (Å²) in [5.41, 5.74) is -1.91. The average molecular weight is 559 g/mol. The second-order valence-corrected chi connectivity index (χ2v) is 18.2. The normalized spacial score (nSPS) is 20.9. The van der Waals surface area contributed by atoms with Crippen molar-refractivity contribution in [3.8, 4) is 0 Å². The van der Waals surface area contributed by atoms with Crippen molar-refractivity contribution < 1.29 is 23.1 Å². The summed E-state index contributed by atoms with van der Waals surface area (Å²) in [7, 11) is -1.91. The molecule has 1 heterocycles. The first kappa shape index (κ1) is 29.0. The van der Waals surface area contributed by atoms with E-state index in [0.29, 0.717) is 30.7 Å². The largest absolute Gasteiger partial charge is 0.443 e. The summed E-state index contributed by atoms with van der Waals surface area (Å²) in [6, 6.07) is 2.95. The minimum absolute atomic E-state index is 0.0997. The van der Waals surface area contributed by atoms with Crippen LogP contribution in [-0.4, -0.2) is 37.9 Å². The second kappa shape index (κ2) is 9.32. The Hall–Kier alpha value is -1.25. The number of ketones is 1. The average Bonchev–Trinajstić information content (AvgIpc) is 2.63. The summed E-state index contributed by atoms with van der Waals surface area (Å²) in [5.74, 6) is -0.606. The van der Waals surface area contributed by atoms with Gasteiger partial charge in [-0.3, -0.25) is 9.69 Å². The van der Waals surface area contributed by atoms with E-state index in [1.54, 1.807) is 40.7 Å². The van der Waals surface area contributed by atoms with E-state index in [9.17, 15) is 14.0 Å². The molecule has 0 aliphatic carbocycles. The Morgan fingerprint density at radius 1 is 1.12 bits per heavy atom. The predicted molar refractivity (Wildman–Crippen MR) is 142 cm³/mol. The molecular weight excluding hydrogens is 517 g/mol. The van der Waals surface area contributed by atoms with Crippen LogP contribution in [0.25, 0.3) is 0 Å². The van der Waals surface area contributed by atoms with Gasteiger partial charge in [-0.2, -0.15) is 0 Å². The quantitative estimate of drug-likeness (QED) is 0.274. The third-order valence-corrected chi connectivity index (χ3v) is 12.3. The topological polar surface area (TPSA) is 55.8 Å². The maximum absolute atomic E-state index is 14.7. The molecular formula is C26H41BrFNO4Si. The molecule has 0 saturated heterocycles. The van der Waals surface area contributed by atoms with E-state index in [4.69, 9.17) is 9.16 Å². The minimum Gasteiger partial charge on any atom is -0.443 e. The van der Waals surface area contributed by atoms with Crippen LogP contribution in [0.4, 0.5) is 14.9 Å². The van der Waals surface area contributed by atoms with E-state index in [1.807, 2.05) is 6.92 Å². The SMILES string of the molecule is CC(C)(C)OC(=O)N1c2cc(F)c(Br)cc2C(C)(CCCO[Si](C)(C)C(C)(C)C)C(=O)C1(C)C. The number of nitrogens with zero attached hydrogens (tertiary/aromatic N) is 1. The van der Waals surface area contributed by atoms with Gasteiger partial charge in [0.25, 0.3) is 0 Å². The lowest BCUT2D eigenvalue weighted by atomic mass is 9.65. The van der Waals surface area contributed by atoms with Gasteiger partial charge in [0, 0.05) is 6.61 Å². The number of anilines is 1. The molecule has 1 aliphatic heterocycles. The van der Waals surface area contributed by atoms with Gasteiger partial charge in [-0.05, 0) is 106 Å². The Morgan fingerprint density at radius 3 is 2.18 bits per heavy atom. The highest BCUT2D eigenvalue weighted by molar-refractivity contribution is 9.10. The Kier molecular flexibility index (Phi) is 7.94. The first-order valence-corrected chi connectivity index (χ1v) is 15.6. The number of halogens is 2. The van der Waals surface area contributed by atoms with Crippen LogP contribution in [-0.2, 0) is 19.4 Å². The molecule has 0 N–H and O–H groups in total. The van der Waals surface area contributed by atoms with E-state index in [2.05, 4.69) is 49.8 Å². The number of fused-ring (bicyclic) bond motifs is 1. The third-order valence-electron chi connectivity index (χ3n) is 7.16. The third kappa shape index (κ3) is 5.59. The molecule has 1 atom stereocenters. The Labute approximate surface area is 214 Å².